The van der Waals surface area contributed by atoms with Crippen LogP contribution in [0, 0.1) is 5.41 Å². The first-order valence-corrected chi connectivity index (χ1v) is 7.07. The Kier molecular flexibility index (Phi) is 4.21. The number of nitrogens with one attached hydrogen (secondary N) is 1. The van der Waals surface area contributed by atoms with E-state index in [1.54, 1.807) is 6.20 Å². The van der Waals surface area contributed by atoms with Crippen molar-refractivity contribution in [3.8, 4) is 0 Å². The van der Waals surface area contributed by atoms with E-state index >= 15 is 0 Å². The lowest BCUT2D eigenvalue weighted by Crippen LogP contribution is -2.19. The zero-order valence-electron chi connectivity index (χ0n) is 10.2. The number of aromatic nitrogens is 1. The van der Waals surface area contributed by atoms with Gasteiger partial charge in [-0.05, 0) is 50.1 Å². The summed E-state index contributed by atoms with van der Waals surface area (Å²) in [5, 5.41) is 7.63. The predicted octanol–water partition coefficient (Wildman–Crippen LogP) is 3.66. The minimum absolute atomic E-state index is 0.0377. The van der Waals surface area contributed by atoms with Gasteiger partial charge in [0.2, 0.25) is 0 Å². The minimum atomic E-state index is 0.0377. The van der Waals surface area contributed by atoms with Gasteiger partial charge < -0.3 is 10.6 Å². The molecule has 0 fully saturated rings. The standard InChI is InChI=1S/C13H12Br2N4/c1-19(13-10(15)6-8(14)7-18-13)11-5-3-2-4-9(11)12(16)17/h2-7H,1H3,(H3,16,17). The molecule has 1 aromatic heterocycles. The molecule has 0 aliphatic heterocycles. The summed E-state index contributed by atoms with van der Waals surface area (Å²) in [5.41, 5.74) is 7.13. The van der Waals surface area contributed by atoms with Gasteiger partial charge in [-0.3, -0.25) is 5.41 Å². The molecule has 1 heterocycles. The Morgan fingerprint density at radius 1 is 1.32 bits per heavy atom. The molecule has 1 aromatic carbocycles. The van der Waals surface area contributed by atoms with E-state index < -0.39 is 0 Å². The number of pyridine rings is 1. The summed E-state index contributed by atoms with van der Waals surface area (Å²) >= 11 is 6.86. The van der Waals surface area contributed by atoms with Crippen LogP contribution in [-0.2, 0) is 0 Å². The Morgan fingerprint density at radius 3 is 2.63 bits per heavy atom. The van der Waals surface area contributed by atoms with Crippen LogP contribution in [0.2, 0.25) is 0 Å². The fraction of sp³-hybridized carbons (Fsp3) is 0.0769. The van der Waals surface area contributed by atoms with Gasteiger partial charge in [-0.1, -0.05) is 12.1 Å². The number of hydrogen-bond acceptors (Lipinski definition) is 3. The summed E-state index contributed by atoms with van der Waals surface area (Å²) in [4.78, 5) is 6.27. The number of benzene rings is 1. The molecule has 0 radical (unpaired) electrons. The lowest BCUT2D eigenvalue weighted by Gasteiger charge is -2.22. The number of para-hydroxylation sites is 1. The highest BCUT2D eigenvalue weighted by Crippen LogP contribution is 2.32. The summed E-state index contributed by atoms with van der Waals surface area (Å²) in [6.07, 6.45) is 1.73. The number of nitrogens with zero attached hydrogens (tertiary/aromatic N) is 2. The van der Waals surface area contributed by atoms with E-state index in [0.717, 1.165) is 20.5 Å². The van der Waals surface area contributed by atoms with E-state index in [1.165, 1.54) is 0 Å². The van der Waals surface area contributed by atoms with Crippen molar-refractivity contribution in [2.75, 3.05) is 11.9 Å². The number of hydrogen-bond donors (Lipinski definition) is 2. The summed E-state index contributed by atoms with van der Waals surface area (Å²) in [6.45, 7) is 0. The topological polar surface area (TPSA) is 66.0 Å². The lowest BCUT2D eigenvalue weighted by atomic mass is 10.1. The van der Waals surface area contributed by atoms with Crippen molar-refractivity contribution in [1.82, 2.24) is 4.98 Å². The number of anilines is 2. The maximum Gasteiger partial charge on any atom is 0.147 e. The van der Waals surface area contributed by atoms with Gasteiger partial charge in [0.1, 0.15) is 11.7 Å². The Bertz CT molecular complexity index is 628. The van der Waals surface area contributed by atoms with Crippen LogP contribution in [-0.4, -0.2) is 17.9 Å². The third-order valence-corrected chi connectivity index (χ3v) is 3.68. The Labute approximate surface area is 128 Å². The van der Waals surface area contributed by atoms with Crippen molar-refractivity contribution >= 4 is 49.2 Å². The molecular weight excluding hydrogens is 372 g/mol. The third-order valence-electron chi connectivity index (χ3n) is 2.66. The Morgan fingerprint density at radius 2 is 2.00 bits per heavy atom. The molecule has 0 saturated carbocycles. The van der Waals surface area contributed by atoms with Gasteiger partial charge in [0, 0.05) is 23.3 Å². The highest BCUT2D eigenvalue weighted by molar-refractivity contribution is 9.11. The van der Waals surface area contributed by atoms with Gasteiger partial charge in [0.25, 0.3) is 0 Å². The largest absolute Gasteiger partial charge is 0.384 e. The summed E-state index contributed by atoms with van der Waals surface area (Å²) in [7, 11) is 1.89. The van der Waals surface area contributed by atoms with Crippen LogP contribution in [0.15, 0.2) is 45.5 Å². The van der Waals surface area contributed by atoms with Gasteiger partial charge >= 0.3 is 0 Å². The van der Waals surface area contributed by atoms with Crippen LogP contribution in [0.1, 0.15) is 5.56 Å². The van der Waals surface area contributed by atoms with Crippen LogP contribution in [0.5, 0.6) is 0 Å². The van der Waals surface area contributed by atoms with Crippen molar-refractivity contribution in [2.45, 2.75) is 0 Å². The molecule has 19 heavy (non-hydrogen) atoms. The number of rotatable bonds is 3. The zero-order chi connectivity index (χ0) is 14.0. The van der Waals surface area contributed by atoms with Gasteiger partial charge in [0.05, 0.1) is 10.2 Å². The average molecular weight is 384 g/mol. The first-order chi connectivity index (χ1) is 9.00. The normalized spacial score (nSPS) is 10.3. The maximum absolute atomic E-state index is 7.63. The first-order valence-electron chi connectivity index (χ1n) is 5.49. The molecule has 4 nitrogen and oxygen atoms in total. The second-order valence-corrected chi connectivity index (χ2v) is 5.72. The van der Waals surface area contributed by atoms with Crippen LogP contribution in [0.25, 0.3) is 0 Å². The second kappa shape index (κ2) is 5.71. The van der Waals surface area contributed by atoms with E-state index in [4.69, 9.17) is 11.1 Å². The van der Waals surface area contributed by atoms with Crippen molar-refractivity contribution in [1.29, 1.82) is 5.41 Å². The quantitative estimate of drug-likeness (QED) is 0.627. The molecule has 0 atom stereocenters. The fourth-order valence-electron chi connectivity index (χ4n) is 1.76. The van der Waals surface area contributed by atoms with Gasteiger partial charge in [-0.2, -0.15) is 0 Å². The molecule has 0 unspecified atom stereocenters. The van der Waals surface area contributed by atoms with E-state index in [2.05, 4.69) is 36.8 Å². The van der Waals surface area contributed by atoms with Crippen molar-refractivity contribution in [3.05, 3.63) is 51.0 Å². The predicted molar refractivity (Wildman–Crippen MR) is 85.2 cm³/mol. The summed E-state index contributed by atoms with van der Waals surface area (Å²) < 4.78 is 1.76. The van der Waals surface area contributed by atoms with Crippen molar-refractivity contribution < 1.29 is 0 Å². The molecular formula is C13H12Br2N4. The molecule has 0 saturated heterocycles. The molecule has 2 aromatic rings. The molecule has 0 aliphatic rings. The summed E-state index contributed by atoms with van der Waals surface area (Å²) in [6, 6.07) is 9.42. The van der Waals surface area contributed by atoms with Gasteiger partial charge in [0.15, 0.2) is 0 Å². The highest BCUT2D eigenvalue weighted by atomic mass is 79.9. The second-order valence-electron chi connectivity index (χ2n) is 3.95. The number of amidine groups is 1. The van der Waals surface area contributed by atoms with E-state index in [1.807, 2.05) is 42.3 Å². The monoisotopic (exact) mass is 382 g/mol. The van der Waals surface area contributed by atoms with Gasteiger partial charge in [-0.25, -0.2) is 4.98 Å². The van der Waals surface area contributed by atoms with Crippen LogP contribution < -0.4 is 10.6 Å². The molecule has 98 valence electrons. The van der Waals surface area contributed by atoms with Crippen molar-refractivity contribution in [2.24, 2.45) is 5.73 Å². The fourth-order valence-corrected chi connectivity index (χ4v) is 3.02. The SMILES string of the molecule is CN(c1ccccc1C(=N)N)c1ncc(Br)cc1Br. The molecule has 0 aliphatic carbocycles. The van der Waals surface area contributed by atoms with E-state index in [0.29, 0.717) is 5.56 Å². The van der Waals surface area contributed by atoms with E-state index in [9.17, 15) is 0 Å². The Hall–Kier alpha value is -1.40. The first kappa shape index (κ1) is 14.0. The third kappa shape index (κ3) is 2.96. The lowest BCUT2D eigenvalue weighted by molar-refractivity contribution is 1.11. The van der Waals surface area contributed by atoms with Crippen molar-refractivity contribution in [3.63, 3.8) is 0 Å². The number of nitrogens with two attached hydrogens (primary N) is 1. The molecule has 0 amide bonds. The van der Waals surface area contributed by atoms with E-state index in [-0.39, 0.29) is 5.84 Å². The molecule has 0 spiro atoms. The van der Waals surface area contributed by atoms with Gasteiger partial charge in [-0.15, -0.1) is 0 Å². The summed E-state index contributed by atoms with van der Waals surface area (Å²) in [5.74, 6) is 0.799. The minimum Gasteiger partial charge on any atom is -0.384 e. The molecule has 3 N–H and O–H groups in total. The smallest absolute Gasteiger partial charge is 0.147 e. The zero-order valence-corrected chi connectivity index (χ0v) is 13.4. The van der Waals surface area contributed by atoms with Crippen LogP contribution >= 0.6 is 31.9 Å². The molecule has 0 bridgehead atoms. The molecule has 6 heteroatoms. The van der Waals surface area contributed by atoms with Crippen LogP contribution in [0.3, 0.4) is 0 Å². The van der Waals surface area contributed by atoms with Crippen LogP contribution in [0.4, 0.5) is 11.5 Å². The maximum atomic E-state index is 7.63. The number of halogens is 2. The highest BCUT2D eigenvalue weighted by Gasteiger charge is 2.14. The average Bonchev–Trinajstić information content (AvgIpc) is 2.38. The molecule has 2 rings (SSSR count). The Balaban J connectivity index is 2.50. The number of nitrogen functional groups attached to an aromatic ring is 1.